The molecular formula is C16H8F4N4S. The maximum absolute atomic E-state index is 14.1. The Balaban J connectivity index is 1.84. The van der Waals surface area contributed by atoms with Gasteiger partial charge < -0.3 is 0 Å². The van der Waals surface area contributed by atoms with Gasteiger partial charge in [0.15, 0.2) is 0 Å². The minimum Gasteiger partial charge on any atom is -0.284 e. The summed E-state index contributed by atoms with van der Waals surface area (Å²) in [4.78, 5) is 11.5. The normalized spacial score (nSPS) is 12.0. The van der Waals surface area contributed by atoms with Crippen molar-refractivity contribution in [3.63, 3.8) is 0 Å². The summed E-state index contributed by atoms with van der Waals surface area (Å²) in [5, 5.41) is 2.25. The fraction of sp³-hybridized carbons (Fsp3) is 0.0625. The molecule has 0 bridgehead atoms. The molecule has 0 aliphatic heterocycles. The van der Waals surface area contributed by atoms with Crippen LogP contribution in [0, 0.1) is 5.82 Å². The van der Waals surface area contributed by atoms with E-state index in [0.29, 0.717) is 21.8 Å². The summed E-state index contributed by atoms with van der Waals surface area (Å²) in [6, 6.07) is 5.30. The zero-order valence-corrected chi connectivity index (χ0v) is 13.1. The van der Waals surface area contributed by atoms with Crippen LogP contribution in [0.4, 0.5) is 17.6 Å². The first kappa shape index (κ1) is 15.7. The first-order chi connectivity index (χ1) is 11.9. The van der Waals surface area contributed by atoms with E-state index in [0.717, 1.165) is 6.07 Å². The summed E-state index contributed by atoms with van der Waals surface area (Å²) in [6.45, 7) is 0. The lowest BCUT2D eigenvalue weighted by Crippen LogP contribution is -2.09. The van der Waals surface area contributed by atoms with Gasteiger partial charge in [-0.2, -0.15) is 13.2 Å². The zero-order chi connectivity index (χ0) is 17.6. The van der Waals surface area contributed by atoms with Crippen molar-refractivity contribution in [1.29, 1.82) is 0 Å². The van der Waals surface area contributed by atoms with Crippen molar-refractivity contribution < 1.29 is 17.6 Å². The van der Waals surface area contributed by atoms with Gasteiger partial charge in [0.05, 0.1) is 11.9 Å². The van der Waals surface area contributed by atoms with Crippen LogP contribution in [-0.4, -0.2) is 19.4 Å². The minimum absolute atomic E-state index is 0.0788. The van der Waals surface area contributed by atoms with Gasteiger partial charge in [-0.15, -0.1) is 11.3 Å². The Kier molecular flexibility index (Phi) is 3.53. The van der Waals surface area contributed by atoms with Gasteiger partial charge in [-0.1, -0.05) is 0 Å². The second-order valence-corrected chi connectivity index (χ2v) is 6.05. The van der Waals surface area contributed by atoms with E-state index >= 15 is 0 Å². The van der Waals surface area contributed by atoms with Crippen molar-refractivity contribution in [2.75, 3.05) is 0 Å². The Bertz CT molecular complexity index is 1050. The lowest BCUT2D eigenvalue weighted by molar-refractivity contribution is -0.141. The lowest BCUT2D eigenvalue weighted by atomic mass is 10.1. The van der Waals surface area contributed by atoms with Crippen LogP contribution in [-0.2, 0) is 6.18 Å². The molecule has 0 aliphatic carbocycles. The van der Waals surface area contributed by atoms with Gasteiger partial charge in [-0.05, 0) is 24.3 Å². The summed E-state index contributed by atoms with van der Waals surface area (Å²) in [5.41, 5.74) is 0.414. The molecule has 0 amide bonds. The van der Waals surface area contributed by atoms with Crippen LogP contribution in [0.25, 0.3) is 27.6 Å². The molecule has 126 valence electrons. The van der Waals surface area contributed by atoms with E-state index in [4.69, 9.17) is 0 Å². The molecule has 3 heterocycles. The molecule has 0 spiro atoms. The second kappa shape index (κ2) is 5.62. The molecule has 0 radical (unpaired) electrons. The predicted octanol–water partition coefficient (Wildman–Crippen LogP) is 4.68. The van der Waals surface area contributed by atoms with Crippen LogP contribution in [0.5, 0.6) is 0 Å². The topological polar surface area (TPSA) is 43.1 Å². The van der Waals surface area contributed by atoms with E-state index in [1.807, 2.05) is 0 Å². The lowest BCUT2D eigenvalue weighted by Gasteiger charge is -2.07. The van der Waals surface area contributed by atoms with E-state index in [9.17, 15) is 17.6 Å². The molecule has 0 unspecified atom stereocenters. The number of halogens is 4. The zero-order valence-electron chi connectivity index (χ0n) is 12.3. The molecule has 25 heavy (non-hydrogen) atoms. The highest BCUT2D eigenvalue weighted by Gasteiger charge is 2.33. The molecule has 0 saturated heterocycles. The number of benzene rings is 1. The summed E-state index contributed by atoms with van der Waals surface area (Å²) in [5.74, 6) is -0.505. The predicted molar refractivity (Wildman–Crippen MR) is 84.5 cm³/mol. The van der Waals surface area contributed by atoms with Crippen LogP contribution < -0.4 is 0 Å². The van der Waals surface area contributed by atoms with Gasteiger partial charge in [0, 0.05) is 28.9 Å². The van der Waals surface area contributed by atoms with Gasteiger partial charge in [-0.3, -0.25) is 4.40 Å². The number of fused-ring (bicyclic) bond motifs is 1. The summed E-state index contributed by atoms with van der Waals surface area (Å²) < 4.78 is 53.8. The van der Waals surface area contributed by atoms with Crippen molar-refractivity contribution in [3.8, 4) is 21.8 Å². The number of hydrogen-bond acceptors (Lipinski definition) is 4. The average Bonchev–Trinajstić information content (AvgIpc) is 3.23. The summed E-state index contributed by atoms with van der Waals surface area (Å²) in [6.07, 6.45) is -0.314. The van der Waals surface area contributed by atoms with Gasteiger partial charge in [0.25, 0.3) is 0 Å². The number of nitrogens with zero attached hydrogens (tertiary/aromatic N) is 4. The van der Waals surface area contributed by atoms with Crippen molar-refractivity contribution in [2.45, 2.75) is 6.18 Å². The molecule has 0 aliphatic rings. The smallest absolute Gasteiger partial charge is 0.284 e. The first-order valence-electron chi connectivity index (χ1n) is 7.04. The average molecular weight is 364 g/mol. The number of thiazole rings is 1. The Morgan fingerprint density at radius 1 is 1.08 bits per heavy atom. The van der Waals surface area contributed by atoms with Crippen molar-refractivity contribution in [3.05, 3.63) is 59.7 Å². The Morgan fingerprint density at radius 3 is 2.64 bits per heavy atom. The maximum Gasteiger partial charge on any atom is 0.433 e. The third-order valence-corrected chi connectivity index (χ3v) is 4.40. The van der Waals surface area contributed by atoms with E-state index < -0.39 is 17.7 Å². The highest BCUT2D eigenvalue weighted by atomic mass is 32.1. The van der Waals surface area contributed by atoms with E-state index in [-0.39, 0.29) is 5.78 Å². The second-order valence-electron chi connectivity index (χ2n) is 5.16. The van der Waals surface area contributed by atoms with E-state index in [1.165, 1.54) is 40.3 Å². The minimum atomic E-state index is -4.54. The Labute approximate surface area is 142 Å². The Morgan fingerprint density at radius 2 is 1.92 bits per heavy atom. The number of alkyl halides is 3. The SMILES string of the molecule is Fc1ccc(-c2cnc3nc(C(F)(F)F)ccn23)cc1-c1nccs1. The number of hydrogen-bond donors (Lipinski definition) is 0. The highest BCUT2D eigenvalue weighted by Crippen LogP contribution is 2.31. The maximum atomic E-state index is 14.1. The number of imidazole rings is 1. The fourth-order valence-electron chi connectivity index (χ4n) is 2.45. The van der Waals surface area contributed by atoms with Gasteiger partial charge in [-0.25, -0.2) is 19.3 Å². The van der Waals surface area contributed by atoms with Crippen LogP contribution in [0.3, 0.4) is 0 Å². The van der Waals surface area contributed by atoms with Crippen LogP contribution in [0.15, 0.2) is 48.2 Å². The molecule has 9 heteroatoms. The molecule has 4 nitrogen and oxygen atoms in total. The van der Waals surface area contributed by atoms with Gasteiger partial charge in [0.1, 0.15) is 16.5 Å². The standard InChI is InChI=1S/C16H8F4N4S/c17-11-2-1-9(7-10(11)14-21-4-6-25-14)12-8-22-15-23-13(16(18,19)20)3-5-24(12)15/h1-8H. The van der Waals surface area contributed by atoms with Crippen molar-refractivity contribution in [2.24, 2.45) is 0 Å². The third-order valence-electron chi connectivity index (χ3n) is 3.59. The monoisotopic (exact) mass is 364 g/mol. The molecule has 0 atom stereocenters. The quantitative estimate of drug-likeness (QED) is 0.485. The first-order valence-corrected chi connectivity index (χ1v) is 7.92. The highest BCUT2D eigenvalue weighted by molar-refractivity contribution is 7.13. The molecule has 0 saturated carbocycles. The Hall–Kier alpha value is -2.81. The van der Waals surface area contributed by atoms with Gasteiger partial charge >= 0.3 is 6.18 Å². The summed E-state index contributed by atoms with van der Waals surface area (Å²) in [7, 11) is 0. The summed E-state index contributed by atoms with van der Waals surface area (Å²) >= 11 is 1.29. The van der Waals surface area contributed by atoms with Crippen molar-refractivity contribution >= 4 is 17.1 Å². The molecule has 1 aromatic carbocycles. The van der Waals surface area contributed by atoms with Crippen LogP contribution in [0.2, 0.25) is 0 Å². The van der Waals surface area contributed by atoms with Crippen molar-refractivity contribution in [1.82, 2.24) is 19.4 Å². The third kappa shape index (κ3) is 2.76. The molecule has 3 aromatic heterocycles. The molecule has 4 aromatic rings. The molecule has 4 rings (SSSR count). The molecular weight excluding hydrogens is 356 g/mol. The largest absolute Gasteiger partial charge is 0.433 e. The van der Waals surface area contributed by atoms with Crippen LogP contribution >= 0.6 is 11.3 Å². The molecule has 0 fully saturated rings. The number of rotatable bonds is 2. The van der Waals surface area contributed by atoms with Crippen LogP contribution in [0.1, 0.15) is 5.69 Å². The van der Waals surface area contributed by atoms with Gasteiger partial charge in [0.2, 0.25) is 5.78 Å². The number of aromatic nitrogens is 4. The fourth-order valence-corrected chi connectivity index (χ4v) is 3.10. The van der Waals surface area contributed by atoms with E-state index in [2.05, 4.69) is 15.0 Å². The van der Waals surface area contributed by atoms with E-state index in [1.54, 1.807) is 17.6 Å². The molecule has 0 N–H and O–H groups in total.